The van der Waals surface area contributed by atoms with Gasteiger partial charge in [0.1, 0.15) is 5.44 Å². The summed E-state index contributed by atoms with van der Waals surface area (Å²) in [4.78, 5) is 3.98. The van der Waals surface area contributed by atoms with Crippen molar-refractivity contribution in [3.8, 4) is 0 Å². The number of nitrogens with zero attached hydrogens (tertiary/aromatic N) is 1. The molecular formula is C20H27NO3S. The van der Waals surface area contributed by atoms with Gasteiger partial charge in [-0.25, -0.2) is 0 Å². The lowest BCUT2D eigenvalue weighted by atomic mass is 9.80. The summed E-state index contributed by atoms with van der Waals surface area (Å²) in [6.07, 6.45) is 3.81. The van der Waals surface area contributed by atoms with Crippen LogP contribution in [0.15, 0.2) is 40.8 Å². The third-order valence-electron chi connectivity index (χ3n) is 5.68. The summed E-state index contributed by atoms with van der Waals surface area (Å²) < 4.78 is 17.7. The van der Waals surface area contributed by atoms with Gasteiger partial charge >= 0.3 is 0 Å². The number of fused-ring (bicyclic) bond motifs is 1. The van der Waals surface area contributed by atoms with Crippen LogP contribution >= 0.6 is 11.8 Å². The molecule has 0 bridgehead atoms. The van der Waals surface area contributed by atoms with Crippen molar-refractivity contribution in [3.05, 3.63) is 46.4 Å². The maximum atomic E-state index is 6.49. The van der Waals surface area contributed by atoms with Crippen molar-refractivity contribution in [1.29, 1.82) is 0 Å². The average Bonchev–Trinajstić information content (AvgIpc) is 3.09. The van der Waals surface area contributed by atoms with Gasteiger partial charge in [-0.05, 0) is 28.9 Å². The van der Waals surface area contributed by atoms with Crippen LogP contribution in [-0.4, -0.2) is 49.5 Å². The predicted octanol–water partition coefficient (Wildman–Crippen LogP) is 3.78. The van der Waals surface area contributed by atoms with Gasteiger partial charge in [-0.1, -0.05) is 42.1 Å². The minimum Gasteiger partial charge on any atom is -0.370 e. The van der Waals surface area contributed by atoms with Gasteiger partial charge in [0.25, 0.3) is 0 Å². The number of methoxy groups -OCH3 is 2. The molecule has 4 nitrogen and oxygen atoms in total. The highest BCUT2D eigenvalue weighted by atomic mass is 32.2. The topological polar surface area (TPSA) is 30.9 Å². The van der Waals surface area contributed by atoms with Crippen molar-refractivity contribution in [2.75, 3.05) is 27.3 Å². The molecule has 0 amide bonds. The molecule has 0 radical (unpaired) electrons. The normalized spacial score (nSPS) is 29.2. The van der Waals surface area contributed by atoms with E-state index in [2.05, 4.69) is 35.2 Å². The Morgan fingerprint density at radius 1 is 1.12 bits per heavy atom. The maximum absolute atomic E-state index is 6.49. The van der Waals surface area contributed by atoms with E-state index in [1.165, 1.54) is 16.0 Å². The van der Waals surface area contributed by atoms with Crippen LogP contribution in [0.2, 0.25) is 0 Å². The Hall–Kier alpha value is -0.850. The Bertz CT molecular complexity index is 625. The van der Waals surface area contributed by atoms with Crippen LogP contribution in [0.3, 0.4) is 0 Å². The molecule has 2 atom stereocenters. The van der Waals surface area contributed by atoms with Crippen LogP contribution in [0.4, 0.5) is 0 Å². The molecule has 5 heteroatoms. The second kappa shape index (κ2) is 7.41. The van der Waals surface area contributed by atoms with Gasteiger partial charge in [0.2, 0.25) is 0 Å². The van der Waals surface area contributed by atoms with Crippen molar-refractivity contribution in [2.45, 2.75) is 49.6 Å². The molecule has 2 unspecified atom stereocenters. The number of hydrogen-bond donors (Lipinski definition) is 0. The molecule has 0 N–H and O–H groups in total. The van der Waals surface area contributed by atoms with Crippen LogP contribution in [0.25, 0.3) is 0 Å². The molecule has 4 rings (SSSR count). The van der Waals surface area contributed by atoms with Crippen LogP contribution in [0, 0.1) is 0 Å². The average molecular weight is 362 g/mol. The summed E-state index contributed by atoms with van der Waals surface area (Å²) in [5.74, 6) is 0. The van der Waals surface area contributed by atoms with Crippen molar-refractivity contribution in [1.82, 2.24) is 4.90 Å². The number of likely N-dealkylation sites (tertiary alicyclic amines) is 1. The molecule has 3 aliphatic heterocycles. The Labute approximate surface area is 154 Å². The SMILES string of the molecule is COC1CC2=C(CC(OC)S2)C2(CCN(Cc3ccccc3)CC2)O1. The molecule has 1 aromatic rings. The molecule has 0 aromatic heterocycles. The zero-order valence-corrected chi connectivity index (χ0v) is 15.9. The summed E-state index contributed by atoms with van der Waals surface area (Å²) in [5.41, 5.74) is 2.95. The summed E-state index contributed by atoms with van der Waals surface area (Å²) in [6.45, 7) is 3.14. The van der Waals surface area contributed by atoms with Crippen molar-refractivity contribution >= 4 is 11.8 Å². The molecule has 3 aliphatic rings. The van der Waals surface area contributed by atoms with E-state index in [1.54, 1.807) is 14.2 Å². The fourth-order valence-electron chi connectivity index (χ4n) is 4.28. The second-order valence-electron chi connectivity index (χ2n) is 7.13. The quantitative estimate of drug-likeness (QED) is 0.815. The van der Waals surface area contributed by atoms with Gasteiger partial charge in [0.15, 0.2) is 6.29 Å². The smallest absolute Gasteiger partial charge is 0.162 e. The van der Waals surface area contributed by atoms with Crippen molar-refractivity contribution in [3.63, 3.8) is 0 Å². The monoisotopic (exact) mass is 361 g/mol. The predicted molar refractivity (Wildman–Crippen MR) is 100 cm³/mol. The van der Waals surface area contributed by atoms with E-state index in [0.29, 0.717) is 0 Å². The molecule has 0 saturated carbocycles. The van der Waals surface area contributed by atoms with Crippen molar-refractivity contribution < 1.29 is 14.2 Å². The Kier molecular flexibility index (Phi) is 5.20. The van der Waals surface area contributed by atoms with Crippen LogP contribution < -0.4 is 0 Å². The summed E-state index contributed by atoms with van der Waals surface area (Å²) in [7, 11) is 3.56. The lowest BCUT2D eigenvalue weighted by Crippen LogP contribution is -2.50. The molecule has 0 aliphatic carbocycles. The van der Waals surface area contributed by atoms with Gasteiger partial charge < -0.3 is 14.2 Å². The fraction of sp³-hybridized carbons (Fsp3) is 0.600. The molecule has 1 aromatic carbocycles. The summed E-state index contributed by atoms with van der Waals surface area (Å²) >= 11 is 1.87. The fourth-order valence-corrected chi connectivity index (χ4v) is 5.58. The highest BCUT2D eigenvalue weighted by Crippen LogP contribution is 2.52. The number of benzene rings is 1. The number of ether oxygens (including phenoxy) is 3. The van der Waals surface area contributed by atoms with E-state index in [4.69, 9.17) is 14.2 Å². The van der Waals surface area contributed by atoms with E-state index >= 15 is 0 Å². The first kappa shape index (κ1) is 17.6. The molecule has 1 spiro atoms. The van der Waals surface area contributed by atoms with Crippen molar-refractivity contribution in [2.24, 2.45) is 0 Å². The zero-order chi connectivity index (χ0) is 17.3. The minimum atomic E-state index is -0.151. The molecular weight excluding hydrogens is 334 g/mol. The van der Waals surface area contributed by atoms with Gasteiger partial charge in [-0.3, -0.25) is 4.90 Å². The molecule has 1 fully saturated rings. The van der Waals surface area contributed by atoms with Crippen LogP contribution in [0.1, 0.15) is 31.2 Å². The highest BCUT2D eigenvalue weighted by molar-refractivity contribution is 8.03. The van der Waals surface area contributed by atoms with E-state index in [0.717, 1.165) is 45.3 Å². The van der Waals surface area contributed by atoms with Crippen LogP contribution in [0.5, 0.6) is 0 Å². The standard InChI is InChI=1S/C20H27NO3S/c1-22-18-13-17-16(12-19(23-2)25-17)20(24-18)8-10-21(11-9-20)14-15-6-4-3-5-7-15/h3-7,18-19H,8-14H2,1-2H3. The summed E-state index contributed by atoms with van der Waals surface area (Å²) in [6, 6.07) is 10.7. The van der Waals surface area contributed by atoms with Gasteiger partial charge in [-0.2, -0.15) is 0 Å². The molecule has 25 heavy (non-hydrogen) atoms. The number of hydrogen-bond acceptors (Lipinski definition) is 5. The van der Waals surface area contributed by atoms with E-state index in [9.17, 15) is 0 Å². The third kappa shape index (κ3) is 3.53. The second-order valence-corrected chi connectivity index (χ2v) is 8.39. The molecule has 136 valence electrons. The van der Waals surface area contributed by atoms with Crippen LogP contribution in [-0.2, 0) is 20.8 Å². The zero-order valence-electron chi connectivity index (χ0n) is 15.1. The first-order chi connectivity index (χ1) is 12.2. The van der Waals surface area contributed by atoms with Gasteiger partial charge in [0.05, 0.1) is 5.60 Å². The Morgan fingerprint density at radius 3 is 2.56 bits per heavy atom. The molecule has 1 saturated heterocycles. The Balaban J connectivity index is 1.47. The lowest BCUT2D eigenvalue weighted by Gasteiger charge is -2.47. The first-order valence-corrected chi connectivity index (χ1v) is 9.99. The summed E-state index contributed by atoms with van der Waals surface area (Å²) in [5, 5.41) is 0. The number of piperidine rings is 1. The Morgan fingerprint density at radius 2 is 1.88 bits per heavy atom. The lowest BCUT2D eigenvalue weighted by molar-refractivity contribution is -0.206. The number of rotatable bonds is 4. The van der Waals surface area contributed by atoms with Gasteiger partial charge in [-0.15, -0.1) is 0 Å². The largest absolute Gasteiger partial charge is 0.370 e. The maximum Gasteiger partial charge on any atom is 0.162 e. The first-order valence-electron chi connectivity index (χ1n) is 9.11. The highest BCUT2D eigenvalue weighted by Gasteiger charge is 2.48. The minimum absolute atomic E-state index is 0.123. The number of thioether (sulfide) groups is 1. The van der Waals surface area contributed by atoms with E-state index < -0.39 is 0 Å². The third-order valence-corrected chi connectivity index (χ3v) is 7.00. The van der Waals surface area contributed by atoms with E-state index in [-0.39, 0.29) is 17.3 Å². The van der Waals surface area contributed by atoms with E-state index in [1.807, 2.05) is 11.8 Å². The van der Waals surface area contributed by atoms with Gasteiger partial charge in [0, 0.05) is 46.7 Å². The molecule has 3 heterocycles.